The van der Waals surface area contributed by atoms with E-state index in [1.807, 2.05) is 18.2 Å². The van der Waals surface area contributed by atoms with Crippen LogP contribution in [0.15, 0.2) is 39.8 Å². The predicted molar refractivity (Wildman–Crippen MR) is 89.5 cm³/mol. The lowest BCUT2D eigenvalue weighted by Crippen LogP contribution is -2.35. The minimum atomic E-state index is -0.334. The average Bonchev–Trinajstić information content (AvgIpc) is 3.22. The first-order valence-corrected chi connectivity index (χ1v) is 8.02. The molecule has 0 aliphatic carbocycles. The molecule has 1 fully saturated rings. The molecule has 24 heavy (non-hydrogen) atoms. The summed E-state index contributed by atoms with van der Waals surface area (Å²) < 4.78 is 6.94. The van der Waals surface area contributed by atoms with E-state index in [9.17, 15) is 9.59 Å². The summed E-state index contributed by atoms with van der Waals surface area (Å²) in [5.41, 5.74) is 6.66. The van der Waals surface area contributed by atoms with Crippen molar-refractivity contribution in [2.75, 3.05) is 19.6 Å². The van der Waals surface area contributed by atoms with Crippen LogP contribution in [0.1, 0.15) is 6.42 Å². The Hall–Kier alpha value is -2.67. The maximum absolute atomic E-state index is 12.6. The second-order valence-electron chi connectivity index (χ2n) is 6.18. The summed E-state index contributed by atoms with van der Waals surface area (Å²) in [6.07, 6.45) is 2.33. The molecule has 1 unspecified atom stereocenters. The second-order valence-corrected chi connectivity index (χ2v) is 6.18. The van der Waals surface area contributed by atoms with Gasteiger partial charge in [0.25, 0.3) is 5.56 Å². The number of hydrogen-bond acceptors (Lipinski definition) is 5. The maximum Gasteiger partial charge on any atom is 0.297 e. The molecular formula is C17H18N4O3. The molecule has 3 aromatic rings. The summed E-state index contributed by atoms with van der Waals surface area (Å²) in [6, 6.07) is 7.37. The minimum Gasteiger partial charge on any atom is -0.448 e. The van der Waals surface area contributed by atoms with Crippen LogP contribution in [0.25, 0.3) is 22.1 Å². The Labute approximate surface area is 137 Å². The standard InChI is InChI=1S/C17H18N4O3/c18-7-11-5-6-20(8-11)14(22)9-21-10-19-15-12-3-1-2-4-13(12)24-16(15)17(21)23/h1-4,10-11H,5-9,18H2. The van der Waals surface area contributed by atoms with Crippen molar-refractivity contribution in [3.63, 3.8) is 0 Å². The number of hydrogen-bond donors (Lipinski definition) is 1. The highest BCUT2D eigenvalue weighted by Gasteiger charge is 2.25. The van der Waals surface area contributed by atoms with Crippen LogP contribution in [-0.2, 0) is 11.3 Å². The van der Waals surface area contributed by atoms with Gasteiger partial charge in [-0.25, -0.2) is 4.98 Å². The third kappa shape index (κ3) is 2.37. The summed E-state index contributed by atoms with van der Waals surface area (Å²) in [7, 11) is 0. The number of carbonyl (C=O) groups excluding carboxylic acids is 1. The van der Waals surface area contributed by atoms with E-state index in [0.29, 0.717) is 36.7 Å². The van der Waals surface area contributed by atoms with Gasteiger partial charge in [-0.3, -0.25) is 14.2 Å². The smallest absolute Gasteiger partial charge is 0.297 e. The van der Waals surface area contributed by atoms with E-state index < -0.39 is 0 Å². The van der Waals surface area contributed by atoms with Crippen molar-refractivity contribution in [2.24, 2.45) is 11.7 Å². The molecular weight excluding hydrogens is 308 g/mol. The Balaban J connectivity index is 1.65. The first-order valence-electron chi connectivity index (χ1n) is 8.02. The largest absolute Gasteiger partial charge is 0.448 e. The van der Waals surface area contributed by atoms with Gasteiger partial charge in [-0.2, -0.15) is 0 Å². The molecule has 1 aliphatic rings. The van der Waals surface area contributed by atoms with E-state index in [2.05, 4.69) is 4.98 Å². The molecule has 2 aromatic heterocycles. The monoisotopic (exact) mass is 326 g/mol. The highest BCUT2D eigenvalue weighted by molar-refractivity contribution is 6.01. The number of nitrogens with two attached hydrogens (primary N) is 1. The summed E-state index contributed by atoms with van der Waals surface area (Å²) in [4.78, 5) is 31.1. The molecule has 1 atom stereocenters. The van der Waals surface area contributed by atoms with Crippen molar-refractivity contribution in [2.45, 2.75) is 13.0 Å². The number of benzene rings is 1. The molecule has 0 radical (unpaired) electrons. The molecule has 0 bridgehead atoms. The normalized spacial score (nSPS) is 17.9. The van der Waals surface area contributed by atoms with E-state index in [1.54, 1.807) is 11.0 Å². The molecule has 0 spiro atoms. The fraction of sp³-hybridized carbons (Fsp3) is 0.353. The van der Waals surface area contributed by atoms with Crippen molar-refractivity contribution >= 4 is 28.0 Å². The van der Waals surface area contributed by atoms with E-state index >= 15 is 0 Å². The van der Waals surface area contributed by atoms with Crippen LogP contribution in [0.3, 0.4) is 0 Å². The van der Waals surface area contributed by atoms with Gasteiger partial charge in [-0.05, 0) is 31.0 Å². The number of fused-ring (bicyclic) bond motifs is 3. The Morgan fingerprint density at radius 1 is 1.38 bits per heavy atom. The maximum atomic E-state index is 12.6. The van der Waals surface area contributed by atoms with Crippen LogP contribution in [0.2, 0.25) is 0 Å². The van der Waals surface area contributed by atoms with Crippen LogP contribution >= 0.6 is 0 Å². The molecule has 0 saturated carbocycles. The molecule has 124 valence electrons. The number of likely N-dealkylation sites (tertiary alicyclic amines) is 1. The zero-order valence-electron chi connectivity index (χ0n) is 13.1. The van der Waals surface area contributed by atoms with E-state index in [4.69, 9.17) is 10.2 Å². The lowest BCUT2D eigenvalue weighted by Gasteiger charge is -2.16. The molecule has 1 amide bonds. The topological polar surface area (TPSA) is 94.4 Å². The van der Waals surface area contributed by atoms with E-state index in [1.165, 1.54) is 10.9 Å². The fourth-order valence-electron chi connectivity index (χ4n) is 3.23. The van der Waals surface area contributed by atoms with E-state index in [0.717, 1.165) is 11.8 Å². The van der Waals surface area contributed by atoms with Crippen molar-refractivity contribution in [3.05, 3.63) is 40.9 Å². The number of para-hydroxylation sites is 1. The number of rotatable bonds is 3. The molecule has 2 N–H and O–H groups in total. The Morgan fingerprint density at radius 2 is 2.21 bits per heavy atom. The SMILES string of the molecule is NCC1CCN(C(=O)Cn2cnc3c(oc4ccccc43)c2=O)C1. The van der Waals surface area contributed by atoms with Gasteiger partial charge in [-0.1, -0.05) is 12.1 Å². The van der Waals surface area contributed by atoms with Gasteiger partial charge in [0, 0.05) is 18.5 Å². The molecule has 7 nitrogen and oxygen atoms in total. The molecule has 1 aromatic carbocycles. The Morgan fingerprint density at radius 3 is 3.00 bits per heavy atom. The zero-order valence-corrected chi connectivity index (χ0v) is 13.1. The number of furan rings is 1. The number of carbonyl (C=O) groups is 1. The highest BCUT2D eigenvalue weighted by atomic mass is 16.3. The quantitative estimate of drug-likeness (QED) is 0.773. The molecule has 4 rings (SSSR count). The predicted octanol–water partition coefficient (Wildman–Crippen LogP) is 0.950. The molecule has 3 heterocycles. The summed E-state index contributed by atoms with van der Waals surface area (Å²) in [5, 5.41) is 0.799. The van der Waals surface area contributed by atoms with Gasteiger partial charge < -0.3 is 15.1 Å². The van der Waals surface area contributed by atoms with E-state index in [-0.39, 0.29) is 23.6 Å². The number of aromatic nitrogens is 2. The lowest BCUT2D eigenvalue weighted by molar-refractivity contribution is -0.130. The van der Waals surface area contributed by atoms with Crippen LogP contribution in [0.4, 0.5) is 0 Å². The average molecular weight is 326 g/mol. The zero-order chi connectivity index (χ0) is 16.7. The third-order valence-electron chi connectivity index (χ3n) is 4.63. The van der Waals surface area contributed by atoms with Crippen molar-refractivity contribution in [1.82, 2.24) is 14.5 Å². The Bertz CT molecular complexity index is 975. The second kappa shape index (κ2) is 5.76. The minimum absolute atomic E-state index is 0.0316. The number of amides is 1. The van der Waals surface area contributed by atoms with Crippen LogP contribution in [0.5, 0.6) is 0 Å². The molecule has 1 aliphatic heterocycles. The first kappa shape index (κ1) is 14.9. The van der Waals surface area contributed by atoms with Crippen LogP contribution < -0.4 is 11.3 Å². The third-order valence-corrected chi connectivity index (χ3v) is 4.63. The number of nitrogens with zero attached hydrogens (tertiary/aromatic N) is 3. The van der Waals surface area contributed by atoms with Crippen LogP contribution in [-0.4, -0.2) is 40.0 Å². The fourth-order valence-corrected chi connectivity index (χ4v) is 3.23. The summed E-state index contributed by atoms with van der Waals surface area (Å²) in [6.45, 7) is 1.90. The van der Waals surface area contributed by atoms with Gasteiger partial charge in [0.2, 0.25) is 11.5 Å². The van der Waals surface area contributed by atoms with Gasteiger partial charge in [0.15, 0.2) is 0 Å². The van der Waals surface area contributed by atoms with Crippen LogP contribution in [0, 0.1) is 5.92 Å². The van der Waals surface area contributed by atoms with Crippen molar-refractivity contribution in [1.29, 1.82) is 0 Å². The van der Waals surface area contributed by atoms with Gasteiger partial charge in [0.05, 0.1) is 6.33 Å². The summed E-state index contributed by atoms with van der Waals surface area (Å²) in [5.74, 6) is 0.256. The van der Waals surface area contributed by atoms with Gasteiger partial charge in [-0.15, -0.1) is 0 Å². The summed E-state index contributed by atoms with van der Waals surface area (Å²) >= 11 is 0. The Kier molecular flexibility index (Phi) is 3.57. The highest BCUT2D eigenvalue weighted by Crippen LogP contribution is 2.24. The van der Waals surface area contributed by atoms with Crippen molar-refractivity contribution in [3.8, 4) is 0 Å². The van der Waals surface area contributed by atoms with Gasteiger partial charge >= 0.3 is 0 Å². The molecule has 7 heteroatoms. The first-order chi connectivity index (χ1) is 11.7. The van der Waals surface area contributed by atoms with Gasteiger partial charge in [0.1, 0.15) is 17.6 Å². The molecule has 1 saturated heterocycles. The van der Waals surface area contributed by atoms with Crippen molar-refractivity contribution < 1.29 is 9.21 Å². The lowest BCUT2D eigenvalue weighted by atomic mass is 10.1.